The number of anilines is 2. The summed E-state index contributed by atoms with van der Waals surface area (Å²) in [7, 11) is 4.58. The van der Waals surface area contributed by atoms with Crippen LogP contribution in [0.15, 0.2) is 36.4 Å². The first kappa shape index (κ1) is 19.8. The number of nitrogens with zero attached hydrogens (tertiary/aromatic N) is 1. The fourth-order valence-electron chi connectivity index (χ4n) is 3.13. The van der Waals surface area contributed by atoms with E-state index in [9.17, 15) is 9.59 Å². The summed E-state index contributed by atoms with van der Waals surface area (Å²) in [5.74, 6) is 0.678. The number of nitrogens with one attached hydrogen (secondary N) is 1. The van der Waals surface area contributed by atoms with E-state index in [2.05, 4.69) is 5.32 Å². The van der Waals surface area contributed by atoms with E-state index in [1.54, 1.807) is 43.5 Å². The molecule has 1 heterocycles. The van der Waals surface area contributed by atoms with Crippen molar-refractivity contribution in [3.05, 3.63) is 41.4 Å². The molecule has 1 N–H and O–H groups in total. The molecule has 0 spiro atoms. The van der Waals surface area contributed by atoms with Crippen molar-refractivity contribution in [1.29, 1.82) is 0 Å². The molecule has 8 heteroatoms. The van der Waals surface area contributed by atoms with Crippen molar-refractivity contribution in [2.45, 2.75) is 6.42 Å². The largest absolute Gasteiger partial charge is 0.497 e. The first-order valence-corrected chi connectivity index (χ1v) is 9.01. The van der Waals surface area contributed by atoms with Crippen LogP contribution in [-0.2, 0) is 9.59 Å². The van der Waals surface area contributed by atoms with E-state index in [-0.39, 0.29) is 24.8 Å². The first-order chi connectivity index (χ1) is 13.5. The summed E-state index contributed by atoms with van der Waals surface area (Å²) in [4.78, 5) is 26.8. The summed E-state index contributed by atoms with van der Waals surface area (Å²) >= 11 is 6.07. The second-order valence-corrected chi connectivity index (χ2v) is 6.71. The molecule has 3 rings (SSSR count). The van der Waals surface area contributed by atoms with E-state index in [1.165, 1.54) is 19.1 Å². The fraction of sp³-hybridized carbons (Fsp3) is 0.300. The van der Waals surface area contributed by atoms with Crippen molar-refractivity contribution < 1.29 is 23.8 Å². The van der Waals surface area contributed by atoms with Crippen molar-refractivity contribution in [2.75, 3.05) is 38.1 Å². The maximum absolute atomic E-state index is 12.7. The third-order valence-electron chi connectivity index (χ3n) is 4.59. The van der Waals surface area contributed by atoms with E-state index in [4.69, 9.17) is 25.8 Å². The van der Waals surface area contributed by atoms with Gasteiger partial charge in [-0.05, 0) is 30.3 Å². The Balaban J connectivity index is 1.77. The van der Waals surface area contributed by atoms with Crippen LogP contribution in [0.2, 0.25) is 5.02 Å². The molecule has 148 valence electrons. The van der Waals surface area contributed by atoms with Crippen LogP contribution in [0, 0.1) is 5.92 Å². The summed E-state index contributed by atoms with van der Waals surface area (Å²) in [5.41, 5.74) is 1.07. The van der Waals surface area contributed by atoms with E-state index in [0.717, 1.165) is 0 Å². The van der Waals surface area contributed by atoms with Crippen molar-refractivity contribution >= 4 is 34.8 Å². The number of hydrogen-bond acceptors (Lipinski definition) is 5. The number of methoxy groups -OCH3 is 3. The Morgan fingerprint density at radius 3 is 2.50 bits per heavy atom. The Morgan fingerprint density at radius 1 is 1.07 bits per heavy atom. The zero-order chi connectivity index (χ0) is 20.3. The van der Waals surface area contributed by atoms with Crippen LogP contribution >= 0.6 is 11.6 Å². The molecular formula is C20H21ClN2O5. The van der Waals surface area contributed by atoms with Gasteiger partial charge in [0.05, 0.1) is 38.6 Å². The average Bonchev–Trinajstić information content (AvgIpc) is 3.09. The molecule has 1 aliphatic rings. The summed E-state index contributed by atoms with van der Waals surface area (Å²) in [5, 5.41) is 3.32. The fourth-order valence-corrected chi connectivity index (χ4v) is 3.29. The van der Waals surface area contributed by atoms with Gasteiger partial charge in [-0.25, -0.2) is 0 Å². The lowest BCUT2D eigenvalue weighted by Gasteiger charge is -2.20. The number of rotatable bonds is 6. The molecule has 2 amide bonds. The van der Waals surface area contributed by atoms with Crippen LogP contribution in [0.25, 0.3) is 0 Å². The van der Waals surface area contributed by atoms with Crippen LogP contribution in [0.3, 0.4) is 0 Å². The number of amides is 2. The van der Waals surface area contributed by atoms with Crippen molar-refractivity contribution in [1.82, 2.24) is 0 Å². The highest BCUT2D eigenvalue weighted by Crippen LogP contribution is 2.36. The molecule has 28 heavy (non-hydrogen) atoms. The second-order valence-electron chi connectivity index (χ2n) is 6.28. The molecule has 1 saturated heterocycles. The minimum Gasteiger partial charge on any atom is -0.497 e. The number of carbonyl (C=O) groups excluding carboxylic acids is 2. The lowest BCUT2D eigenvalue weighted by molar-refractivity contribution is -0.122. The average molecular weight is 405 g/mol. The zero-order valence-electron chi connectivity index (χ0n) is 15.8. The maximum atomic E-state index is 12.7. The second kappa shape index (κ2) is 8.39. The van der Waals surface area contributed by atoms with Crippen LogP contribution in [-0.4, -0.2) is 39.7 Å². The smallest absolute Gasteiger partial charge is 0.229 e. The van der Waals surface area contributed by atoms with E-state index >= 15 is 0 Å². The van der Waals surface area contributed by atoms with Gasteiger partial charge in [0.15, 0.2) is 0 Å². The van der Waals surface area contributed by atoms with Crippen LogP contribution < -0.4 is 24.4 Å². The van der Waals surface area contributed by atoms with Gasteiger partial charge in [-0.2, -0.15) is 0 Å². The van der Waals surface area contributed by atoms with Gasteiger partial charge in [0, 0.05) is 24.1 Å². The lowest BCUT2D eigenvalue weighted by atomic mass is 10.1. The van der Waals surface area contributed by atoms with Crippen LogP contribution in [0.4, 0.5) is 11.4 Å². The van der Waals surface area contributed by atoms with Crippen molar-refractivity contribution in [3.8, 4) is 17.2 Å². The van der Waals surface area contributed by atoms with Gasteiger partial charge in [0.1, 0.15) is 17.2 Å². The zero-order valence-corrected chi connectivity index (χ0v) is 16.6. The van der Waals surface area contributed by atoms with Crippen LogP contribution in [0.5, 0.6) is 17.2 Å². The summed E-state index contributed by atoms with van der Waals surface area (Å²) in [6.45, 7) is 0.236. The van der Waals surface area contributed by atoms with Crippen molar-refractivity contribution in [2.24, 2.45) is 5.92 Å². The monoisotopic (exact) mass is 404 g/mol. The lowest BCUT2D eigenvalue weighted by Crippen LogP contribution is -2.28. The molecule has 0 radical (unpaired) electrons. The molecule has 0 aromatic heterocycles. The minimum atomic E-state index is -0.511. The highest BCUT2D eigenvalue weighted by Gasteiger charge is 2.36. The Kier molecular flexibility index (Phi) is 5.94. The molecule has 1 aliphatic heterocycles. The number of benzene rings is 2. The molecule has 1 atom stereocenters. The molecule has 0 saturated carbocycles. The third-order valence-corrected chi connectivity index (χ3v) is 4.83. The van der Waals surface area contributed by atoms with Crippen molar-refractivity contribution in [3.63, 3.8) is 0 Å². The standard InChI is InChI=1S/C20H21ClN2O5/c1-26-14-5-6-15(18(10-14)28-3)22-20(25)12-8-19(24)23(11-12)16-9-13(21)4-7-17(16)27-2/h4-7,9-10,12H,8,11H2,1-3H3,(H,22,25)/t12-/m1/s1. The number of hydrogen-bond donors (Lipinski definition) is 1. The predicted molar refractivity (Wildman–Crippen MR) is 107 cm³/mol. The maximum Gasteiger partial charge on any atom is 0.229 e. The molecule has 1 fully saturated rings. The summed E-state index contributed by atoms with van der Waals surface area (Å²) < 4.78 is 15.8. The Bertz CT molecular complexity index is 902. The highest BCUT2D eigenvalue weighted by molar-refractivity contribution is 6.31. The predicted octanol–water partition coefficient (Wildman–Crippen LogP) is 3.36. The molecule has 0 aliphatic carbocycles. The first-order valence-electron chi connectivity index (χ1n) is 8.63. The Labute approximate surface area is 168 Å². The summed E-state index contributed by atoms with van der Waals surface area (Å²) in [6, 6.07) is 10.1. The van der Waals surface area contributed by atoms with Gasteiger partial charge in [-0.1, -0.05) is 11.6 Å². The SMILES string of the molecule is COc1ccc(NC(=O)[C@@H]2CC(=O)N(c3cc(Cl)ccc3OC)C2)c(OC)c1. The molecular weight excluding hydrogens is 384 g/mol. The number of halogens is 1. The van der Waals surface area contributed by atoms with E-state index in [1.807, 2.05) is 0 Å². The van der Waals surface area contributed by atoms with Gasteiger partial charge in [-0.15, -0.1) is 0 Å². The van der Waals surface area contributed by atoms with Gasteiger partial charge < -0.3 is 24.4 Å². The van der Waals surface area contributed by atoms with Crippen LogP contribution in [0.1, 0.15) is 6.42 Å². The van der Waals surface area contributed by atoms with Gasteiger partial charge in [-0.3, -0.25) is 9.59 Å². The number of ether oxygens (including phenoxy) is 3. The third kappa shape index (κ3) is 3.99. The van der Waals surface area contributed by atoms with E-state index in [0.29, 0.717) is 33.6 Å². The minimum absolute atomic E-state index is 0.0972. The normalized spacial score (nSPS) is 16.1. The topological polar surface area (TPSA) is 77.1 Å². The highest BCUT2D eigenvalue weighted by atomic mass is 35.5. The summed E-state index contributed by atoms with van der Waals surface area (Å²) in [6.07, 6.45) is 0.0972. The quantitative estimate of drug-likeness (QED) is 0.798. The Hall–Kier alpha value is -2.93. The van der Waals surface area contributed by atoms with Gasteiger partial charge >= 0.3 is 0 Å². The molecule has 2 aromatic carbocycles. The van der Waals surface area contributed by atoms with Gasteiger partial charge in [0.25, 0.3) is 0 Å². The Morgan fingerprint density at radius 2 is 1.82 bits per heavy atom. The van der Waals surface area contributed by atoms with Gasteiger partial charge in [0.2, 0.25) is 11.8 Å². The molecule has 7 nitrogen and oxygen atoms in total. The molecule has 2 aromatic rings. The van der Waals surface area contributed by atoms with E-state index < -0.39 is 5.92 Å². The number of carbonyl (C=O) groups is 2. The molecule has 0 bridgehead atoms. The molecule has 0 unspecified atom stereocenters.